The van der Waals surface area contributed by atoms with Crippen molar-refractivity contribution in [1.29, 1.82) is 0 Å². The van der Waals surface area contributed by atoms with E-state index in [4.69, 9.17) is 0 Å². The summed E-state index contributed by atoms with van der Waals surface area (Å²) in [6.45, 7) is 0. The highest BCUT2D eigenvalue weighted by Crippen LogP contribution is 2.32. The lowest BCUT2D eigenvalue weighted by Crippen LogP contribution is -2.46. The molecule has 4 rings (SSSR count). The van der Waals surface area contributed by atoms with E-state index in [9.17, 15) is 14.0 Å². The van der Waals surface area contributed by atoms with Crippen molar-refractivity contribution in [2.24, 2.45) is 0 Å². The minimum atomic E-state index is -0.788. The molecule has 1 aliphatic carbocycles. The van der Waals surface area contributed by atoms with Crippen LogP contribution in [0.3, 0.4) is 0 Å². The van der Waals surface area contributed by atoms with E-state index >= 15 is 0 Å². The fraction of sp³-hybridized carbons (Fsp3) is 0.304. The van der Waals surface area contributed by atoms with Gasteiger partial charge in [0.15, 0.2) is 0 Å². The highest BCUT2D eigenvalue weighted by molar-refractivity contribution is 7.10. The Morgan fingerprint density at radius 2 is 1.73 bits per heavy atom. The number of hydrogen-bond acceptors (Lipinski definition) is 4. The molecule has 1 fully saturated rings. The van der Waals surface area contributed by atoms with Gasteiger partial charge in [0.2, 0.25) is 11.8 Å². The lowest BCUT2D eigenvalue weighted by atomic mass is 10.1. The summed E-state index contributed by atoms with van der Waals surface area (Å²) in [4.78, 5) is 30.1. The molecule has 156 valence electrons. The van der Waals surface area contributed by atoms with Crippen molar-refractivity contribution in [3.8, 4) is 0 Å². The summed E-state index contributed by atoms with van der Waals surface area (Å²) in [5.74, 6) is -0.760. The molecule has 0 bridgehead atoms. The maximum absolute atomic E-state index is 13.6. The van der Waals surface area contributed by atoms with E-state index in [-0.39, 0.29) is 30.1 Å². The smallest absolute Gasteiger partial charge is 0.248 e. The molecule has 30 heavy (non-hydrogen) atoms. The molecule has 2 heterocycles. The van der Waals surface area contributed by atoms with E-state index in [1.807, 2.05) is 35.0 Å². The van der Waals surface area contributed by atoms with Crippen LogP contribution in [0.4, 0.5) is 10.1 Å². The minimum Gasteiger partial charge on any atom is -0.351 e. The van der Waals surface area contributed by atoms with Crippen molar-refractivity contribution in [3.05, 3.63) is 74.9 Å². The SMILES string of the molecule is O=C(NC1CCCC1)[C@@H](c1cccs1)N(C(=O)Cc1cccs1)c1ccc(F)cc1. The van der Waals surface area contributed by atoms with Crippen LogP contribution in [0.2, 0.25) is 0 Å². The first kappa shape index (κ1) is 20.8. The van der Waals surface area contributed by atoms with E-state index in [0.29, 0.717) is 5.69 Å². The number of rotatable bonds is 7. The van der Waals surface area contributed by atoms with Crippen LogP contribution in [-0.4, -0.2) is 17.9 Å². The molecule has 1 aliphatic rings. The van der Waals surface area contributed by atoms with Crippen LogP contribution in [0.5, 0.6) is 0 Å². The molecule has 7 heteroatoms. The molecule has 0 saturated heterocycles. The van der Waals surface area contributed by atoms with Crippen molar-refractivity contribution >= 4 is 40.2 Å². The van der Waals surface area contributed by atoms with Crippen LogP contribution in [-0.2, 0) is 16.0 Å². The van der Waals surface area contributed by atoms with Gasteiger partial charge < -0.3 is 5.32 Å². The van der Waals surface area contributed by atoms with Crippen molar-refractivity contribution < 1.29 is 14.0 Å². The predicted octanol–water partition coefficient (Wildman–Crippen LogP) is 5.32. The molecule has 0 aliphatic heterocycles. The first-order chi connectivity index (χ1) is 14.6. The fourth-order valence-electron chi connectivity index (χ4n) is 3.86. The normalized spacial score (nSPS) is 15.1. The Kier molecular flexibility index (Phi) is 6.59. The average molecular weight is 443 g/mol. The molecule has 3 aromatic rings. The van der Waals surface area contributed by atoms with Gasteiger partial charge in [-0.1, -0.05) is 25.0 Å². The topological polar surface area (TPSA) is 49.4 Å². The lowest BCUT2D eigenvalue weighted by molar-refractivity contribution is -0.126. The number of benzene rings is 1. The molecule has 4 nitrogen and oxygen atoms in total. The molecule has 0 spiro atoms. The quantitative estimate of drug-likeness (QED) is 0.538. The zero-order valence-corrected chi connectivity index (χ0v) is 18.1. The molecule has 0 unspecified atom stereocenters. The maximum atomic E-state index is 13.6. The summed E-state index contributed by atoms with van der Waals surface area (Å²) in [5.41, 5.74) is 0.512. The Balaban J connectivity index is 1.70. The highest BCUT2D eigenvalue weighted by atomic mass is 32.1. The Hall–Kier alpha value is -2.51. The van der Waals surface area contributed by atoms with E-state index in [2.05, 4.69) is 5.32 Å². The number of nitrogens with one attached hydrogen (secondary N) is 1. The molecule has 2 amide bonds. The van der Waals surface area contributed by atoms with Gasteiger partial charge in [0.1, 0.15) is 11.9 Å². The Morgan fingerprint density at radius 3 is 2.37 bits per heavy atom. The number of halogens is 1. The number of nitrogens with zero attached hydrogens (tertiary/aromatic N) is 1. The van der Waals surface area contributed by atoms with Crippen LogP contribution in [0.1, 0.15) is 41.5 Å². The van der Waals surface area contributed by atoms with Gasteiger partial charge in [0.25, 0.3) is 0 Å². The molecular weight excluding hydrogens is 419 g/mol. The van der Waals surface area contributed by atoms with Gasteiger partial charge in [-0.05, 0) is 60.0 Å². The molecule has 2 aromatic heterocycles. The summed E-state index contributed by atoms with van der Waals surface area (Å²) < 4.78 is 13.6. The monoisotopic (exact) mass is 442 g/mol. The third-order valence-electron chi connectivity index (χ3n) is 5.30. The van der Waals surface area contributed by atoms with Crippen molar-refractivity contribution in [2.45, 2.75) is 44.2 Å². The van der Waals surface area contributed by atoms with Gasteiger partial charge in [-0.15, -0.1) is 22.7 Å². The third-order valence-corrected chi connectivity index (χ3v) is 7.10. The zero-order chi connectivity index (χ0) is 20.9. The highest BCUT2D eigenvalue weighted by Gasteiger charge is 2.35. The van der Waals surface area contributed by atoms with Gasteiger partial charge >= 0.3 is 0 Å². The number of amides is 2. The minimum absolute atomic E-state index is 0.141. The summed E-state index contributed by atoms with van der Waals surface area (Å²) in [7, 11) is 0. The van der Waals surface area contributed by atoms with Crippen LogP contribution < -0.4 is 10.2 Å². The van der Waals surface area contributed by atoms with E-state index < -0.39 is 6.04 Å². The fourth-order valence-corrected chi connectivity index (χ4v) is 5.37. The number of hydrogen-bond donors (Lipinski definition) is 1. The standard InChI is InChI=1S/C23H23FN2O2S2/c24-16-9-11-18(12-10-16)26(21(27)15-19-7-3-13-29-19)22(20-8-4-14-30-20)23(28)25-17-5-1-2-6-17/h3-4,7-14,17,22H,1-2,5-6,15H2,(H,25,28)/t22-/m1/s1. The van der Waals surface area contributed by atoms with Crippen LogP contribution in [0.15, 0.2) is 59.3 Å². The number of carbonyl (C=O) groups is 2. The molecule has 1 aromatic carbocycles. The molecule has 0 radical (unpaired) electrons. The van der Waals surface area contributed by atoms with Gasteiger partial charge in [0, 0.05) is 21.5 Å². The first-order valence-corrected chi connectivity index (χ1v) is 11.8. The van der Waals surface area contributed by atoms with Crippen molar-refractivity contribution in [1.82, 2.24) is 5.32 Å². The average Bonchev–Trinajstić information content (AvgIpc) is 3.50. The van der Waals surface area contributed by atoms with Gasteiger partial charge in [0.05, 0.1) is 6.42 Å². The van der Waals surface area contributed by atoms with Gasteiger partial charge in [-0.3, -0.25) is 14.5 Å². The van der Waals surface area contributed by atoms with E-state index in [1.165, 1.54) is 39.7 Å². The van der Waals surface area contributed by atoms with Crippen molar-refractivity contribution in [3.63, 3.8) is 0 Å². The Labute approximate surface area is 183 Å². The summed E-state index contributed by atoms with van der Waals surface area (Å²) in [5, 5.41) is 6.97. The second-order valence-corrected chi connectivity index (χ2v) is 9.42. The summed E-state index contributed by atoms with van der Waals surface area (Å²) >= 11 is 2.95. The first-order valence-electron chi connectivity index (χ1n) is 10.1. The van der Waals surface area contributed by atoms with Gasteiger partial charge in [-0.2, -0.15) is 0 Å². The lowest BCUT2D eigenvalue weighted by Gasteiger charge is -2.31. The van der Waals surface area contributed by atoms with E-state index in [1.54, 1.807) is 12.1 Å². The van der Waals surface area contributed by atoms with Gasteiger partial charge in [-0.25, -0.2) is 4.39 Å². The second-order valence-electron chi connectivity index (χ2n) is 7.40. The Bertz CT molecular complexity index is 965. The summed E-state index contributed by atoms with van der Waals surface area (Å²) in [6.07, 6.45) is 4.32. The molecule has 1 atom stereocenters. The third kappa shape index (κ3) is 4.79. The van der Waals surface area contributed by atoms with E-state index in [0.717, 1.165) is 35.4 Å². The van der Waals surface area contributed by atoms with Crippen LogP contribution >= 0.6 is 22.7 Å². The number of thiophene rings is 2. The molecule has 1 saturated carbocycles. The van der Waals surface area contributed by atoms with Crippen LogP contribution in [0, 0.1) is 5.82 Å². The number of anilines is 1. The molecular formula is C23H23FN2O2S2. The zero-order valence-electron chi connectivity index (χ0n) is 16.4. The summed E-state index contributed by atoms with van der Waals surface area (Å²) in [6, 6.07) is 12.7. The second kappa shape index (κ2) is 9.53. The largest absolute Gasteiger partial charge is 0.351 e. The van der Waals surface area contributed by atoms with Crippen LogP contribution in [0.25, 0.3) is 0 Å². The number of carbonyl (C=O) groups excluding carboxylic acids is 2. The predicted molar refractivity (Wildman–Crippen MR) is 119 cm³/mol. The Morgan fingerprint density at radius 1 is 1.03 bits per heavy atom. The molecule has 1 N–H and O–H groups in total. The maximum Gasteiger partial charge on any atom is 0.248 e. The van der Waals surface area contributed by atoms with Crippen molar-refractivity contribution in [2.75, 3.05) is 4.90 Å².